The molecule has 2 aliphatic rings. The number of nitrogens with zero attached hydrogens (tertiary/aromatic N) is 4. The SMILES string of the molecule is COCC(=O)N1CCN(C)C[C@H]1C(=O)N1CCN(Cc2cccc(C)c2)CC1. The number of amides is 2. The van der Waals surface area contributed by atoms with Crippen molar-refractivity contribution in [2.75, 3.05) is 66.6 Å². The van der Waals surface area contributed by atoms with Gasteiger partial charge in [-0.25, -0.2) is 0 Å². The molecule has 0 aliphatic carbocycles. The zero-order chi connectivity index (χ0) is 20.1. The van der Waals surface area contributed by atoms with E-state index in [2.05, 4.69) is 41.0 Å². The number of methoxy groups -OCH3 is 1. The summed E-state index contributed by atoms with van der Waals surface area (Å²) in [6, 6.07) is 8.16. The highest BCUT2D eigenvalue weighted by atomic mass is 16.5. The molecular formula is C21H32N4O3. The molecule has 28 heavy (non-hydrogen) atoms. The molecule has 2 amide bonds. The number of carbonyl (C=O) groups is 2. The highest BCUT2D eigenvalue weighted by Gasteiger charge is 2.37. The Morgan fingerprint density at radius 1 is 1.11 bits per heavy atom. The van der Waals surface area contributed by atoms with Gasteiger partial charge < -0.3 is 19.4 Å². The van der Waals surface area contributed by atoms with E-state index < -0.39 is 6.04 Å². The van der Waals surface area contributed by atoms with Crippen LogP contribution in [0.25, 0.3) is 0 Å². The van der Waals surface area contributed by atoms with Crippen molar-refractivity contribution in [2.45, 2.75) is 19.5 Å². The molecule has 0 radical (unpaired) electrons. The van der Waals surface area contributed by atoms with Gasteiger partial charge in [0, 0.05) is 59.5 Å². The molecule has 2 aliphatic heterocycles. The van der Waals surface area contributed by atoms with E-state index in [0.717, 1.165) is 26.2 Å². The maximum Gasteiger partial charge on any atom is 0.249 e. The number of carbonyl (C=O) groups excluding carboxylic acids is 2. The second kappa shape index (κ2) is 9.49. The average molecular weight is 389 g/mol. The molecule has 0 N–H and O–H groups in total. The summed E-state index contributed by atoms with van der Waals surface area (Å²) in [4.78, 5) is 33.7. The first kappa shape index (κ1) is 20.8. The van der Waals surface area contributed by atoms with Crippen LogP contribution < -0.4 is 0 Å². The molecule has 1 aromatic rings. The lowest BCUT2D eigenvalue weighted by molar-refractivity contribution is -0.152. The van der Waals surface area contributed by atoms with Gasteiger partial charge in [0.05, 0.1) is 0 Å². The van der Waals surface area contributed by atoms with Crippen molar-refractivity contribution in [1.82, 2.24) is 19.6 Å². The fourth-order valence-electron chi connectivity index (χ4n) is 4.04. The lowest BCUT2D eigenvalue weighted by Gasteiger charge is -2.43. The summed E-state index contributed by atoms with van der Waals surface area (Å²) in [5.41, 5.74) is 2.58. The molecule has 3 rings (SSSR count). The molecule has 2 fully saturated rings. The standard InChI is InChI=1S/C21H32N4O3/c1-17-5-4-6-18(13-17)14-23-8-10-24(11-9-23)21(27)19-15-22(2)7-12-25(19)20(26)16-28-3/h4-6,13,19H,7-12,14-16H2,1-3H3/t19-/m0/s1. The van der Waals surface area contributed by atoms with Crippen LogP contribution in [0, 0.1) is 6.92 Å². The fourth-order valence-corrected chi connectivity index (χ4v) is 4.04. The molecule has 2 heterocycles. The number of aryl methyl sites for hydroxylation is 1. The summed E-state index contributed by atoms with van der Waals surface area (Å²) >= 11 is 0. The summed E-state index contributed by atoms with van der Waals surface area (Å²) in [6.07, 6.45) is 0. The number of rotatable bonds is 5. The minimum atomic E-state index is -0.412. The van der Waals surface area contributed by atoms with Gasteiger partial charge in [-0.2, -0.15) is 0 Å². The summed E-state index contributed by atoms with van der Waals surface area (Å²) in [5.74, 6) is -0.0433. The molecule has 1 atom stereocenters. The maximum atomic E-state index is 13.2. The predicted octanol–water partition coefficient (Wildman–Crippen LogP) is 0.428. The summed E-state index contributed by atoms with van der Waals surface area (Å²) in [7, 11) is 3.51. The van der Waals surface area contributed by atoms with Crippen molar-refractivity contribution >= 4 is 11.8 Å². The van der Waals surface area contributed by atoms with E-state index >= 15 is 0 Å². The molecule has 7 heteroatoms. The number of likely N-dealkylation sites (N-methyl/N-ethyl adjacent to an activating group) is 1. The third kappa shape index (κ3) is 5.10. The minimum absolute atomic E-state index is 0.0256. The molecule has 0 unspecified atom stereocenters. The third-order valence-corrected chi connectivity index (χ3v) is 5.63. The van der Waals surface area contributed by atoms with E-state index in [1.165, 1.54) is 18.2 Å². The first-order valence-electron chi connectivity index (χ1n) is 10.0. The molecule has 154 valence electrons. The Labute approximate surface area is 167 Å². The zero-order valence-electron chi connectivity index (χ0n) is 17.3. The number of benzene rings is 1. The molecule has 7 nitrogen and oxygen atoms in total. The first-order chi connectivity index (χ1) is 13.5. The van der Waals surface area contributed by atoms with E-state index in [-0.39, 0.29) is 18.4 Å². The Morgan fingerprint density at radius 3 is 2.54 bits per heavy atom. The van der Waals surface area contributed by atoms with Crippen LogP contribution >= 0.6 is 0 Å². The van der Waals surface area contributed by atoms with E-state index in [9.17, 15) is 9.59 Å². The first-order valence-corrected chi connectivity index (χ1v) is 10.0. The molecule has 0 bridgehead atoms. The summed E-state index contributed by atoms with van der Waals surface area (Å²) in [6.45, 7) is 8.10. The number of ether oxygens (including phenoxy) is 1. The predicted molar refractivity (Wildman–Crippen MR) is 108 cm³/mol. The normalized spacial score (nSPS) is 21.8. The van der Waals surface area contributed by atoms with Crippen LogP contribution in [-0.2, 0) is 20.9 Å². The van der Waals surface area contributed by atoms with Crippen molar-refractivity contribution in [2.24, 2.45) is 0 Å². The van der Waals surface area contributed by atoms with E-state index in [1.807, 2.05) is 11.9 Å². The Kier molecular flexibility index (Phi) is 7.04. The van der Waals surface area contributed by atoms with Crippen molar-refractivity contribution in [3.8, 4) is 0 Å². The summed E-state index contributed by atoms with van der Waals surface area (Å²) in [5, 5.41) is 0. The zero-order valence-corrected chi connectivity index (χ0v) is 17.3. The van der Waals surface area contributed by atoms with Gasteiger partial charge in [-0.1, -0.05) is 29.8 Å². The molecule has 0 spiro atoms. The van der Waals surface area contributed by atoms with Gasteiger partial charge in [-0.15, -0.1) is 0 Å². The van der Waals surface area contributed by atoms with Gasteiger partial charge in [-0.05, 0) is 19.5 Å². The Hall–Kier alpha value is -1.96. The van der Waals surface area contributed by atoms with Crippen molar-refractivity contribution in [3.63, 3.8) is 0 Å². The molecule has 2 saturated heterocycles. The minimum Gasteiger partial charge on any atom is -0.375 e. The monoisotopic (exact) mass is 388 g/mol. The second-order valence-corrected chi connectivity index (χ2v) is 7.89. The Balaban J connectivity index is 1.57. The van der Waals surface area contributed by atoms with E-state index in [0.29, 0.717) is 26.2 Å². The molecular weight excluding hydrogens is 356 g/mol. The quantitative estimate of drug-likeness (QED) is 0.732. The van der Waals surface area contributed by atoms with Crippen LogP contribution in [0.5, 0.6) is 0 Å². The van der Waals surface area contributed by atoms with E-state index in [1.54, 1.807) is 4.90 Å². The van der Waals surface area contributed by atoms with Crippen molar-refractivity contribution in [1.29, 1.82) is 0 Å². The van der Waals surface area contributed by atoms with Gasteiger partial charge in [0.1, 0.15) is 12.6 Å². The largest absolute Gasteiger partial charge is 0.375 e. The topological polar surface area (TPSA) is 56.3 Å². The van der Waals surface area contributed by atoms with Crippen LogP contribution in [0.3, 0.4) is 0 Å². The highest BCUT2D eigenvalue weighted by Crippen LogP contribution is 2.15. The van der Waals surface area contributed by atoms with E-state index in [4.69, 9.17) is 4.74 Å². The van der Waals surface area contributed by atoms with Crippen LogP contribution in [0.15, 0.2) is 24.3 Å². The Bertz CT molecular complexity index is 688. The second-order valence-electron chi connectivity index (χ2n) is 7.89. The lowest BCUT2D eigenvalue weighted by atomic mass is 10.1. The van der Waals surface area contributed by atoms with Gasteiger partial charge in [0.2, 0.25) is 11.8 Å². The third-order valence-electron chi connectivity index (χ3n) is 5.63. The molecule has 0 saturated carbocycles. The maximum absolute atomic E-state index is 13.2. The summed E-state index contributed by atoms with van der Waals surface area (Å²) < 4.78 is 5.00. The van der Waals surface area contributed by atoms with Crippen LogP contribution in [-0.4, -0.2) is 104 Å². The van der Waals surface area contributed by atoms with Crippen molar-refractivity contribution in [3.05, 3.63) is 35.4 Å². The van der Waals surface area contributed by atoms with Gasteiger partial charge in [0.25, 0.3) is 0 Å². The van der Waals surface area contributed by atoms with Gasteiger partial charge >= 0.3 is 0 Å². The highest BCUT2D eigenvalue weighted by molar-refractivity contribution is 5.88. The number of hydrogen-bond acceptors (Lipinski definition) is 5. The number of hydrogen-bond donors (Lipinski definition) is 0. The average Bonchev–Trinajstić information content (AvgIpc) is 2.68. The lowest BCUT2D eigenvalue weighted by Crippen LogP contribution is -2.62. The van der Waals surface area contributed by atoms with Crippen LogP contribution in [0.4, 0.5) is 0 Å². The molecule has 0 aromatic heterocycles. The fraction of sp³-hybridized carbons (Fsp3) is 0.619. The van der Waals surface area contributed by atoms with Crippen LogP contribution in [0.2, 0.25) is 0 Å². The van der Waals surface area contributed by atoms with Crippen molar-refractivity contribution < 1.29 is 14.3 Å². The smallest absolute Gasteiger partial charge is 0.249 e. The number of piperazine rings is 2. The van der Waals surface area contributed by atoms with Gasteiger partial charge in [0.15, 0.2) is 0 Å². The molecule has 1 aromatic carbocycles. The Morgan fingerprint density at radius 2 is 1.86 bits per heavy atom. The van der Waals surface area contributed by atoms with Crippen LogP contribution in [0.1, 0.15) is 11.1 Å². The van der Waals surface area contributed by atoms with Gasteiger partial charge in [-0.3, -0.25) is 14.5 Å².